The molecule has 0 unspecified atom stereocenters. The van der Waals surface area contributed by atoms with Gasteiger partial charge in [-0.05, 0) is 25.0 Å². The summed E-state index contributed by atoms with van der Waals surface area (Å²) < 4.78 is 1.84. The van der Waals surface area contributed by atoms with E-state index in [-0.39, 0.29) is 0 Å². The molecule has 1 saturated carbocycles. The van der Waals surface area contributed by atoms with Crippen molar-refractivity contribution in [1.82, 2.24) is 25.3 Å². The number of aryl methyl sites for hydroxylation is 1. The molecule has 6 nitrogen and oxygen atoms in total. The highest BCUT2D eigenvalue weighted by molar-refractivity contribution is 5.41. The van der Waals surface area contributed by atoms with Crippen LogP contribution in [0.15, 0.2) is 24.5 Å². The smallest absolute Gasteiger partial charge is 0.151 e. The lowest BCUT2D eigenvalue weighted by molar-refractivity contribution is 0.381. The van der Waals surface area contributed by atoms with Crippen molar-refractivity contribution in [3.63, 3.8) is 0 Å². The third-order valence-electron chi connectivity index (χ3n) is 4.47. The normalized spacial score (nSPS) is 18.5. The number of nitrogens with one attached hydrogen (secondary N) is 1. The molecule has 1 saturated heterocycles. The van der Waals surface area contributed by atoms with Crippen LogP contribution in [0.3, 0.4) is 0 Å². The third kappa shape index (κ3) is 2.97. The van der Waals surface area contributed by atoms with Crippen molar-refractivity contribution < 1.29 is 0 Å². The van der Waals surface area contributed by atoms with Gasteiger partial charge in [0.1, 0.15) is 0 Å². The molecular formula is C16H22N6. The van der Waals surface area contributed by atoms with E-state index in [0.29, 0.717) is 11.8 Å². The van der Waals surface area contributed by atoms with Crippen LogP contribution < -0.4 is 10.2 Å². The zero-order chi connectivity index (χ0) is 14.9. The summed E-state index contributed by atoms with van der Waals surface area (Å²) in [5, 5.41) is 16.4. The molecular weight excluding hydrogens is 276 g/mol. The van der Waals surface area contributed by atoms with E-state index in [1.807, 2.05) is 17.9 Å². The Morgan fingerprint density at radius 3 is 2.73 bits per heavy atom. The third-order valence-corrected chi connectivity index (χ3v) is 4.47. The van der Waals surface area contributed by atoms with Gasteiger partial charge in [0.05, 0.1) is 11.9 Å². The number of rotatable bonds is 6. The van der Waals surface area contributed by atoms with Crippen molar-refractivity contribution in [2.24, 2.45) is 13.0 Å². The fourth-order valence-electron chi connectivity index (χ4n) is 2.97. The molecule has 22 heavy (non-hydrogen) atoms. The van der Waals surface area contributed by atoms with Crippen LogP contribution in [0.5, 0.6) is 0 Å². The first-order valence-electron chi connectivity index (χ1n) is 8.05. The van der Waals surface area contributed by atoms with Gasteiger partial charge in [0.15, 0.2) is 5.82 Å². The van der Waals surface area contributed by atoms with Gasteiger partial charge in [-0.15, -0.1) is 5.10 Å². The Kier molecular flexibility index (Phi) is 3.54. The van der Waals surface area contributed by atoms with Crippen LogP contribution in [-0.4, -0.2) is 39.6 Å². The van der Waals surface area contributed by atoms with E-state index < -0.39 is 0 Å². The van der Waals surface area contributed by atoms with Gasteiger partial charge in [-0.1, -0.05) is 0 Å². The van der Waals surface area contributed by atoms with Gasteiger partial charge in [0, 0.05) is 56.8 Å². The molecule has 2 fully saturated rings. The summed E-state index contributed by atoms with van der Waals surface area (Å²) in [6.07, 6.45) is 6.53. The number of aromatic nitrogens is 4. The molecule has 4 rings (SSSR count). The molecule has 1 aliphatic heterocycles. The lowest BCUT2D eigenvalue weighted by atomic mass is 10.00. The average Bonchev–Trinajstić information content (AvgIpc) is 3.25. The minimum Gasteiger partial charge on any atom is -0.354 e. The number of nitrogens with zero attached hydrogens (tertiary/aromatic N) is 5. The van der Waals surface area contributed by atoms with Crippen LogP contribution in [0.2, 0.25) is 0 Å². The molecule has 0 aromatic carbocycles. The first-order chi connectivity index (χ1) is 10.8. The van der Waals surface area contributed by atoms with Gasteiger partial charge < -0.3 is 10.2 Å². The summed E-state index contributed by atoms with van der Waals surface area (Å²) >= 11 is 0. The van der Waals surface area contributed by atoms with Gasteiger partial charge >= 0.3 is 0 Å². The number of hydrogen-bond donors (Lipinski definition) is 1. The summed E-state index contributed by atoms with van der Waals surface area (Å²) in [4.78, 5) is 2.31. The average molecular weight is 298 g/mol. The monoisotopic (exact) mass is 298 g/mol. The second-order valence-electron chi connectivity index (χ2n) is 6.51. The summed E-state index contributed by atoms with van der Waals surface area (Å²) in [7, 11) is 1.95. The van der Waals surface area contributed by atoms with Crippen LogP contribution in [0.1, 0.15) is 30.0 Å². The molecule has 0 spiro atoms. The minimum absolute atomic E-state index is 0.683. The molecule has 116 valence electrons. The second-order valence-corrected chi connectivity index (χ2v) is 6.51. The van der Waals surface area contributed by atoms with E-state index in [2.05, 4.69) is 43.8 Å². The Morgan fingerprint density at radius 1 is 1.23 bits per heavy atom. The van der Waals surface area contributed by atoms with E-state index in [1.165, 1.54) is 24.1 Å². The molecule has 6 heteroatoms. The number of anilines is 1. The maximum atomic E-state index is 4.37. The van der Waals surface area contributed by atoms with E-state index in [9.17, 15) is 0 Å². The fourth-order valence-corrected chi connectivity index (χ4v) is 2.97. The Hall–Kier alpha value is -1.95. The van der Waals surface area contributed by atoms with E-state index in [0.717, 1.165) is 32.0 Å². The summed E-state index contributed by atoms with van der Waals surface area (Å²) in [5.74, 6) is 2.40. The maximum Gasteiger partial charge on any atom is 0.151 e. The van der Waals surface area contributed by atoms with Crippen LogP contribution in [0.25, 0.3) is 0 Å². The van der Waals surface area contributed by atoms with Crippen molar-refractivity contribution in [3.8, 4) is 0 Å². The fraction of sp³-hybridized carbons (Fsp3) is 0.562. The highest BCUT2D eigenvalue weighted by Crippen LogP contribution is 2.38. The van der Waals surface area contributed by atoms with Crippen LogP contribution in [-0.2, 0) is 13.6 Å². The van der Waals surface area contributed by atoms with Crippen LogP contribution in [0, 0.1) is 5.92 Å². The highest BCUT2D eigenvalue weighted by atomic mass is 15.3. The number of hydrogen-bond acceptors (Lipinski definition) is 5. The molecule has 0 atom stereocenters. The molecule has 2 aromatic heterocycles. The van der Waals surface area contributed by atoms with Crippen molar-refractivity contribution in [2.75, 3.05) is 24.5 Å². The molecule has 2 aromatic rings. The molecule has 3 heterocycles. The Balaban J connectivity index is 1.20. The van der Waals surface area contributed by atoms with Crippen LogP contribution >= 0.6 is 0 Å². The largest absolute Gasteiger partial charge is 0.354 e. The lowest BCUT2D eigenvalue weighted by Gasteiger charge is -2.40. The Labute approximate surface area is 130 Å². The summed E-state index contributed by atoms with van der Waals surface area (Å²) in [6.45, 7) is 4.06. The topological polar surface area (TPSA) is 58.9 Å². The van der Waals surface area contributed by atoms with E-state index in [1.54, 1.807) is 0 Å². The van der Waals surface area contributed by atoms with E-state index >= 15 is 0 Å². The zero-order valence-corrected chi connectivity index (χ0v) is 12.9. The predicted molar refractivity (Wildman–Crippen MR) is 84.6 cm³/mol. The van der Waals surface area contributed by atoms with Gasteiger partial charge in [0.2, 0.25) is 0 Å². The van der Waals surface area contributed by atoms with Crippen molar-refractivity contribution in [1.29, 1.82) is 0 Å². The molecule has 0 radical (unpaired) electrons. The highest BCUT2D eigenvalue weighted by Gasteiger charge is 2.29. The second kappa shape index (κ2) is 5.68. The van der Waals surface area contributed by atoms with Gasteiger partial charge in [-0.3, -0.25) is 4.68 Å². The first-order valence-corrected chi connectivity index (χ1v) is 8.05. The Morgan fingerprint density at radius 2 is 2.09 bits per heavy atom. The predicted octanol–water partition coefficient (Wildman–Crippen LogP) is 1.31. The van der Waals surface area contributed by atoms with Crippen molar-refractivity contribution in [3.05, 3.63) is 35.8 Å². The van der Waals surface area contributed by atoms with Crippen molar-refractivity contribution >= 4 is 5.82 Å². The minimum atomic E-state index is 0.683. The molecule has 0 bridgehead atoms. The van der Waals surface area contributed by atoms with Gasteiger partial charge in [-0.25, -0.2) is 0 Å². The van der Waals surface area contributed by atoms with Gasteiger partial charge in [0.25, 0.3) is 0 Å². The Bertz CT molecular complexity index is 624. The standard InChI is InChI=1S/C16H22N6/c1-21-9-12(8-18-21)6-17-7-13-10-22(11-13)16-5-4-15(19-20-16)14-2-3-14/h4-5,8-9,13-14,17H,2-3,6-7,10-11H2,1H3. The van der Waals surface area contributed by atoms with Crippen molar-refractivity contribution in [2.45, 2.75) is 25.3 Å². The first kappa shape index (κ1) is 13.7. The molecule has 1 N–H and O–H groups in total. The summed E-state index contributed by atoms with van der Waals surface area (Å²) in [6, 6.07) is 4.27. The lowest BCUT2D eigenvalue weighted by Crippen LogP contribution is -2.51. The summed E-state index contributed by atoms with van der Waals surface area (Å²) in [5.41, 5.74) is 2.40. The van der Waals surface area contributed by atoms with Gasteiger partial charge in [-0.2, -0.15) is 10.2 Å². The quantitative estimate of drug-likeness (QED) is 0.871. The molecule has 0 amide bonds. The van der Waals surface area contributed by atoms with Crippen LogP contribution in [0.4, 0.5) is 5.82 Å². The molecule has 1 aliphatic carbocycles. The zero-order valence-electron chi connectivity index (χ0n) is 12.9. The maximum absolute atomic E-state index is 4.37. The van der Waals surface area contributed by atoms with E-state index in [4.69, 9.17) is 0 Å². The SMILES string of the molecule is Cn1cc(CNCC2CN(c3ccc(C4CC4)nn3)C2)cn1. The molecule has 2 aliphatic rings.